The largest absolute Gasteiger partial charge is 0.309 e. The summed E-state index contributed by atoms with van der Waals surface area (Å²) in [7, 11) is 0. The number of rotatable bonds is 4. The summed E-state index contributed by atoms with van der Waals surface area (Å²) in [5, 5.41) is 1.82. The first-order valence-corrected chi connectivity index (χ1v) is 10.3. The van der Waals surface area contributed by atoms with Crippen molar-refractivity contribution in [2.75, 3.05) is 26.2 Å². The highest BCUT2D eigenvalue weighted by molar-refractivity contribution is 7.18. The number of nitrogens with one attached hydrogen (secondary N) is 1. The average molecular weight is 392 g/mol. The fourth-order valence-electron chi connectivity index (χ4n) is 3.71. The molecule has 28 heavy (non-hydrogen) atoms. The Kier molecular flexibility index (Phi) is 4.64. The van der Waals surface area contributed by atoms with E-state index in [1.54, 1.807) is 11.3 Å². The fourth-order valence-corrected chi connectivity index (χ4v) is 4.72. The quantitative estimate of drug-likeness (QED) is 0.580. The third-order valence-corrected chi connectivity index (χ3v) is 6.22. The van der Waals surface area contributed by atoms with Gasteiger partial charge in [0.25, 0.3) is 5.56 Å². The van der Waals surface area contributed by atoms with Gasteiger partial charge in [0.1, 0.15) is 10.8 Å². The molecule has 2 aromatic carbocycles. The maximum absolute atomic E-state index is 12.2. The number of thiazole rings is 1. The van der Waals surface area contributed by atoms with Crippen LogP contribution in [-0.2, 0) is 13.1 Å². The Morgan fingerprint density at radius 1 is 0.857 bits per heavy atom. The lowest BCUT2D eigenvalue weighted by atomic mass is 10.2. The smallest absolute Gasteiger partial charge is 0.258 e. The van der Waals surface area contributed by atoms with Crippen LogP contribution in [0.2, 0.25) is 0 Å². The second kappa shape index (κ2) is 7.43. The number of benzene rings is 2. The van der Waals surface area contributed by atoms with Gasteiger partial charge in [-0.15, -0.1) is 11.3 Å². The van der Waals surface area contributed by atoms with Gasteiger partial charge in [-0.05, 0) is 24.3 Å². The van der Waals surface area contributed by atoms with Crippen molar-refractivity contribution in [2.45, 2.75) is 13.1 Å². The first-order chi connectivity index (χ1) is 13.7. The number of fused-ring (bicyclic) bond motifs is 2. The number of aromatic nitrogens is 3. The Morgan fingerprint density at radius 2 is 1.54 bits per heavy atom. The second-order valence-corrected chi connectivity index (χ2v) is 8.27. The molecule has 1 saturated heterocycles. The molecule has 1 aliphatic rings. The Morgan fingerprint density at radius 3 is 2.32 bits per heavy atom. The van der Waals surface area contributed by atoms with E-state index >= 15 is 0 Å². The summed E-state index contributed by atoms with van der Waals surface area (Å²) in [6, 6.07) is 15.8. The third-order valence-electron chi connectivity index (χ3n) is 5.20. The maximum Gasteiger partial charge on any atom is 0.258 e. The molecule has 0 saturated carbocycles. The van der Waals surface area contributed by atoms with Crippen molar-refractivity contribution >= 4 is 32.5 Å². The van der Waals surface area contributed by atoms with Crippen LogP contribution in [0.1, 0.15) is 10.8 Å². The first-order valence-electron chi connectivity index (χ1n) is 9.52. The van der Waals surface area contributed by atoms with E-state index in [9.17, 15) is 4.79 Å². The lowest BCUT2D eigenvalue weighted by Gasteiger charge is -2.33. The third kappa shape index (κ3) is 3.56. The zero-order chi connectivity index (χ0) is 18.9. The highest BCUT2D eigenvalue weighted by Crippen LogP contribution is 2.23. The van der Waals surface area contributed by atoms with Gasteiger partial charge in [-0.25, -0.2) is 9.97 Å². The first kappa shape index (κ1) is 17.5. The van der Waals surface area contributed by atoms with Crippen LogP contribution in [0.4, 0.5) is 0 Å². The van der Waals surface area contributed by atoms with Crippen molar-refractivity contribution in [3.8, 4) is 0 Å². The summed E-state index contributed by atoms with van der Waals surface area (Å²) in [6.45, 7) is 5.48. The van der Waals surface area contributed by atoms with Crippen molar-refractivity contribution in [1.82, 2.24) is 24.8 Å². The van der Waals surface area contributed by atoms with Gasteiger partial charge in [-0.3, -0.25) is 14.6 Å². The van der Waals surface area contributed by atoms with Gasteiger partial charge >= 0.3 is 0 Å². The van der Waals surface area contributed by atoms with E-state index in [1.807, 2.05) is 30.3 Å². The Balaban J connectivity index is 1.22. The van der Waals surface area contributed by atoms with Crippen LogP contribution in [0.5, 0.6) is 0 Å². The van der Waals surface area contributed by atoms with Crippen LogP contribution in [0, 0.1) is 0 Å². The highest BCUT2D eigenvalue weighted by Gasteiger charge is 2.19. The number of hydrogen-bond donors (Lipinski definition) is 1. The van der Waals surface area contributed by atoms with E-state index in [1.165, 1.54) is 9.71 Å². The summed E-state index contributed by atoms with van der Waals surface area (Å²) in [5.74, 6) is 0.739. The number of H-pyrrole nitrogens is 1. The topological polar surface area (TPSA) is 65.1 Å². The normalized spacial score (nSPS) is 16.1. The molecule has 1 N–H and O–H groups in total. The van der Waals surface area contributed by atoms with Gasteiger partial charge in [0.15, 0.2) is 0 Å². The molecule has 4 aromatic rings. The number of aromatic amines is 1. The summed E-state index contributed by atoms with van der Waals surface area (Å²) >= 11 is 1.78. The van der Waals surface area contributed by atoms with Crippen LogP contribution in [0.15, 0.2) is 53.3 Å². The standard InChI is InChI=1S/C21H21N5OS/c27-21-15-5-1-2-6-16(15)22-19(24-21)13-25-9-11-26(12-10-25)14-20-23-17-7-3-4-8-18(17)28-20/h1-8H,9-14H2,(H,22,24,27). The molecule has 0 spiro atoms. The predicted octanol–water partition coefficient (Wildman–Crippen LogP) is 2.85. The molecule has 3 heterocycles. The number of hydrogen-bond acceptors (Lipinski definition) is 6. The number of piperazine rings is 1. The summed E-state index contributed by atoms with van der Waals surface area (Å²) < 4.78 is 1.25. The van der Waals surface area contributed by atoms with Gasteiger partial charge in [0.2, 0.25) is 0 Å². The van der Waals surface area contributed by atoms with Gasteiger partial charge in [-0.1, -0.05) is 24.3 Å². The molecule has 0 atom stereocenters. The van der Waals surface area contributed by atoms with E-state index in [0.29, 0.717) is 11.9 Å². The lowest BCUT2D eigenvalue weighted by molar-refractivity contribution is 0.120. The van der Waals surface area contributed by atoms with Crippen molar-refractivity contribution in [3.63, 3.8) is 0 Å². The van der Waals surface area contributed by atoms with Crippen LogP contribution in [-0.4, -0.2) is 50.9 Å². The van der Waals surface area contributed by atoms with E-state index in [2.05, 4.69) is 38.0 Å². The minimum Gasteiger partial charge on any atom is -0.309 e. The fraction of sp³-hybridized carbons (Fsp3) is 0.286. The molecular weight excluding hydrogens is 370 g/mol. The second-order valence-electron chi connectivity index (χ2n) is 7.16. The molecule has 1 aliphatic heterocycles. The molecule has 6 nitrogen and oxygen atoms in total. The van der Waals surface area contributed by atoms with Crippen LogP contribution in [0.25, 0.3) is 21.1 Å². The Bertz CT molecular complexity index is 1140. The highest BCUT2D eigenvalue weighted by atomic mass is 32.1. The van der Waals surface area contributed by atoms with Crippen LogP contribution < -0.4 is 5.56 Å². The van der Waals surface area contributed by atoms with Crippen molar-refractivity contribution in [3.05, 3.63) is 69.7 Å². The summed E-state index contributed by atoms with van der Waals surface area (Å²) in [4.78, 5) is 29.3. The van der Waals surface area contributed by atoms with Crippen molar-refractivity contribution < 1.29 is 0 Å². The monoisotopic (exact) mass is 391 g/mol. The number of nitrogens with zero attached hydrogens (tertiary/aromatic N) is 4. The SMILES string of the molecule is O=c1[nH]c(CN2CCN(Cc3nc4ccccc4s3)CC2)nc2ccccc12. The zero-order valence-corrected chi connectivity index (χ0v) is 16.3. The Labute approximate surface area is 166 Å². The van der Waals surface area contributed by atoms with Gasteiger partial charge in [0.05, 0.1) is 34.2 Å². The molecule has 0 bridgehead atoms. The van der Waals surface area contributed by atoms with E-state index in [-0.39, 0.29) is 5.56 Å². The van der Waals surface area contributed by atoms with E-state index in [4.69, 9.17) is 4.98 Å². The molecule has 0 unspecified atom stereocenters. The minimum atomic E-state index is -0.0601. The average Bonchev–Trinajstić information content (AvgIpc) is 3.12. The van der Waals surface area contributed by atoms with Crippen molar-refractivity contribution in [2.24, 2.45) is 0 Å². The number of para-hydroxylation sites is 2. The summed E-state index contributed by atoms with van der Waals surface area (Å²) in [5.41, 5.74) is 1.79. The molecule has 0 aliphatic carbocycles. The molecule has 7 heteroatoms. The van der Waals surface area contributed by atoms with E-state index in [0.717, 1.165) is 49.6 Å². The molecule has 0 amide bonds. The van der Waals surface area contributed by atoms with Gasteiger partial charge in [-0.2, -0.15) is 0 Å². The van der Waals surface area contributed by atoms with Crippen LogP contribution >= 0.6 is 11.3 Å². The molecular formula is C21H21N5OS. The molecule has 1 fully saturated rings. The zero-order valence-electron chi connectivity index (χ0n) is 15.5. The molecule has 2 aromatic heterocycles. The van der Waals surface area contributed by atoms with Crippen molar-refractivity contribution in [1.29, 1.82) is 0 Å². The van der Waals surface area contributed by atoms with E-state index < -0.39 is 0 Å². The lowest BCUT2D eigenvalue weighted by Crippen LogP contribution is -2.45. The molecule has 142 valence electrons. The van der Waals surface area contributed by atoms with Crippen LogP contribution in [0.3, 0.4) is 0 Å². The Hall–Kier alpha value is -2.61. The van der Waals surface area contributed by atoms with Gasteiger partial charge < -0.3 is 4.98 Å². The molecule has 0 radical (unpaired) electrons. The van der Waals surface area contributed by atoms with Gasteiger partial charge in [0, 0.05) is 26.2 Å². The molecule has 5 rings (SSSR count). The maximum atomic E-state index is 12.2. The predicted molar refractivity (Wildman–Crippen MR) is 113 cm³/mol. The minimum absolute atomic E-state index is 0.0601. The summed E-state index contributed by atoms with van der Waals surface area (Å²) in [6.07, 6.45) is 0.